The number of hydrogen-bond donors (Lipinski definition) is 1. The van der Waals surface area contributed by atoms with E-state index in [0.29, 0.717) is 29.3 Å². The Labute approximate surface area is 129 Å². The molecule has 2 aromatic rings. The molecule has 2 rings (SSSR count). The Balaban J connectivity index is 2.30. The highest BCUT2D eigenvalue weighted by atomic mass is 16.5. The van der Waals surface area contributed by atoms with Crippen molar-refractivity contribution in [3.63, 3.8) is 0 Å². The Kier molecular flexibility index (Phi) is 5.14. The van der Waals surface area contributed by atoms with E-state index in [0.717, 1.165) is 5.56 Å². The third-order valence-corrected chi connectivity index (χ3v) is 3.17. The van der Waals surface area contributed by atoms with Crippen molar-refractivity contribution in [3.05, 3.63) is 65.2 Å². The first-order valence-corrected chi connectivity index (χ1v) is 6.76. The van der Waals surface area contributed by atoms with E-state index in [2.05, 4.69) is 4.99 Å². The summed E-state index contributed by atoms with van der Waals surface area (Å²) < 4.78 is 9.99. The van der Waals surface area contributed by atoms with Crippen LogP contribution in [0.2, 0.25) is 0 Å². The molecule has 0 radical (unpaired) electrons. The van der Waals surface area contributed by atoms with Gasteiger partial charge in [-0.25, -0.2) is 4.79 Å². The zero-order chi connectivity index (χ0) is 15.9. The lowest BCUT2D eigenvalue weighted by Gasteiger charge is -2.10. The van der Waals surface area contributed by atoms with Gasteiger partial charge in [0.2, 0.25) is 0 Å². The molecule has 2 aromatic carbocycles. The van der Waals surface area contributed by atoms with Crippen LogP contribution in [0.3, 0.4) is 0 Å². The molecule has 0 fully saturated rings. The molecule has 5 heteroatoms. The highest BCUT2D eigenvalue weighted by Crippen LogP contribution is 2.20. The molecule has 0 bridgehead atoms. The summed E-state index contributed by atoms with van der Waals surface area (Å²) in [5.74, 6) is 0.438. The highest BCUT2D eigenvalue weighted by Gasteiger charge is 2.12. The average molecular weight is 298 g/mol. The summed E-state index contributed by atoms with van der Waals surface area (Å²) in [6.07, 6.45) is 0. The van der Waals surface area contributed by atoms with Gasteiger partial charge in [0, 0.05) is 0 Å². The van der Waals surface area contributed by atoms with Crippen molar-refractivity contribution < 1.29 is 14.3 Å². The minimum absolute atomic E-state index is 0.312. The van der Waals surface area contributed by atoms with Gasteiger partial charge in [-0.3, -0.25) is 4.99 Å². The van der Waals surface area contributed by atoms with Gasteiger partial charge in [-0.15, -0.1) is 0 Å². The van der Waals surface area contributed by atoms with Crippen LogP contribution in [-0.4, -0.2) is 26.0 Å². The molecule has 0 aliphatic heterocycles. The lowest BCUT2D eigenvalue weighted by Crippen LogP contribution is -2.16. The zero-order valence-corrected chi connectivity index (χ0v) is 12.6. The number of nitrogens with zero attached hydrogens (tertiary/aromatic N) is 1. The Bertz CT molecular complexity index is 682. The fourth-order valence-corrected chi connectivity index (χ4v) is 2.00. The van der Waals surface area contributed by atoms with Crippen molar-refractivity contribution in [2.75, 3.05) is 14.2 Å². The van der Waals surface area contributed by atoms with Crippen molar-refractivity contribution >= 4 is 11.8 Å². The topological polar surface area (TPSA) is 73.9 Å². The maximum atomic E-state index is 11.6. The number of rotatable bonds is 5. The second-order valence-electron chi connectivity index (χ2n) is 4.59. The number of ether oxygens (including phenoxy) is 2. The van der Waals surface area contributed by atoms with E-state index in [-0.39, 0.29) is 0 Å². The first-order valence-electron chi connectivity index (χ1n) is 6.76. The second kappa shape index (κ2) is 7.26. The van der Waals surface area contributed by atoms with Gasteiger partial charge in [0.1, 0.15) is 11.6 Å². The van der Waals surface area contributed by atoms with Crippen LogP contribution in [0.5, 0.6) is 5.75 Å². The molecule has 0 saturated heterocycles. The molecular weight excluding hydrogens is 280 g/mol. The molecular formula is C17H18N2O3. The Morgan fingerprint density at radius 3 is 2.50 bits per heavy atom. The summed E-state index contributed by atoms with van der Waals surface area (Å²) in [7, 11) is 2.88. The predicted octanol–water partition coefficient (Wildman–Crippen LogP) is 2.39. The van der Waals surface area contributed by atoms with Crippen LogP contribution in [0, 0.1) is 0 Å². The van der Waals surface area contributed by atoms with Crippen LogP contribution in [0.4, 0.5) is 0 Å². The minimum atomic E-state index is -0.431. The molecule has 0 unspecified atom stereocenters. The molecule has 2 N–H and O–H groups in total. The summed E-state index contributed by atoms with van der Waals surface area (Å²) in [5.41, 5.74) is 8.07. The molecule has 0 aromatic heterocycles. The second-order valence-corrected chi connectivity index (χ2v) is 4.59. The maximum absolute atomic E-state index is 11.6. The molecule has 22 heavy (non-hydrogen) atoms. The molecule has 0 aliphatic carbocycles. The van der Waals surface area contributed by atoms with Gasteiger partial charge in [-0.1, -0.05) is 30.3 Å². The largest absolute Gasteiger partial charge is 0.496 e. The van der Waals surface area contributed by atoms with E-state index in [1.807, 2.05) is 30.3 Å². The molecule has 0 saturated carbocycles. The van der Waals surface area contributed by atoms with Crippen molar-refractivity contribution in [2.45, 2.75) is 6.54 Å². The molecule has 0 atom stereocenters. The number of methoxy groups -OCH3 is 2. The van der Waals surface area contributed by atoms with Gasteiger partial charge >= 0.3 is 5.97 Å². The molecule has 114 valence electrons. The summed E-state index contributed by atoms with van der Waals surface area (Å²) in [6, 6.07) is 14.7. The quantitative estimate of drug-likeness (QED) is 0.522. The average Bonchev–Trinajstić information content (AvgIpc) is 2.59. The first-order chi connectivity index (χ1) is 10.7. The van der Waals surface area contributed by atoms with Crippen LogP contribution in [-0.2, 0) is 11.3 Å². The summed E-state index contributed by atoms with van der Waals surface area (Å²) >= 11 is 0. The number of amidine groups is 1. The minimum Gasteiger partial charge on any atom is -0.496 e. The van der Waals surface area contributed by atoms with Gasteiger partial charge in [-0.05, 0) is 23.8 Å². The molecule has 0 spiro atoms. The maximum Gasteiger partial charge on any atom is 0.337 e. The van der Waals surface area contributed by atoms with Crippen LogP contribution in [0.15, 0.2) is 53.5 Å². The molecule has 0 amide bonds. The third-order valence-electron chi connectivity index (χ3n) is 3.17. The van der Waals surface area contributed by atoms with Crippen molar-refractivity contribution in [1.82, 2.24) is 0 Å². The molecule has 5 nitrogen and oxygen atoms in total. The Morgan fingerprint density at radius 1 is 1.14 bits per heavy atom. The highest BCUT2D eigenvalue weighted by molar-refractivity contribution is 6.02. The predicted molar refractivity (Wildman–Crippen MR) is 85.2 cm³/mol. The third kappa shape index (κ3) is 3.63. The van der Waals surface area contributed by atoms with Crippen molar-refractivity contribution in [2.24, 2.45) is 10.7 Å². The SMILES string of the molecule is COC(=O)c1ccc(OC)c(C(N)=NCc2ccccc2)c1. The van der Waals surface area contributed by atoms with Gasteiger partial charge in [0.25, 0.3) is 0 Å². The number of aliphatic imine (C=N–C) groups is 1. The van der Waals surface area contributed by atoms with Gasteiger partial charge in [-0.2, -0.15) is 0 Å². The summed E-state index contributed by atoms with van der Waals surface area (Å²) in [5, 5.41) is 0. The summed E-state index contributed by atoms with van der Waals surface area (Å²) in [6.45, 7) is 0.457. The number of esters is 1. The van der Waals surface area contributed by atoms with Gasteiger partial charge < -0.3 is 15.2 Å². The first kappa shape index (κ1) is 15.6. The Hall–Kier alpha value is -2.82. The summed E-state index contributed by atoms with van der Waals surface area (Å²) in [4.78, 5) is 16.0. The van der Waals surface area contributed by atoms with Crippen molar-refractivity contribution in [3.8, 4) is 5.75 Å². The van der Waals surface area contributed by atoms with E-state index in [1.54, 1.807) is 25.3 Å². The smallest absolute Gasteiger partial charge is 0.337 e. The van der Waals surface area contributed by atoms with E-state index >= 15 is 0 Å². The number of hydrogen-bond acceptors (Lipinski definition) is 4. The van der Waals surface area contributed by atoms with Crippen LogP contribution < -0.4 is 10.5 Å². The number of carbonyl (C=O) groups excluding carboxylic acids is 1. The molecule has 0 aliphatic rings. The molecule has 0 heterocycles. The number of nitrogens with two attached hydrogens (primary N) is 1. The number of carbonyl (C=O) groups is 1. The van der Waals surface area contributed by atoms with Crippen LogP contribution >= 0.6 is 0 Å². The standard InChI is InChI=1S/C17H18N2O3/c1-21-15-9-8-13(17(20)22-2)10-14(15)16(18)19-11-12-6-4-3-5-7-12/h3-10H,11H2,1-2H3,(H2,18,19). The van der Waals surface area contributed by atoms with Crippen molar-refractivity contribution in [1.29, 1.82) is 0 Å². The van der Waals surface area contributed by atoms with E-state index in [9.17, 15) is 4.79 Å². The lowest BCUT2D eigenvalue weighted by molar-refractivity contribution is 0.0600. The lowest BCUT2D eigenvalue weighted by atomic mass is 10.1. The van der Waals surface area contributed by atoms with E-state index < -0.39 is 5.97 Å². The normalized spacial score (nSPS) is 11.1. The van der Waals surface area contributed by atoms with E-state index in [1.165, 1.54) is 7.11 Å². The van der Waals surface area contributed by atoms with Crippen LogP contribution in [0.25, 0.3) is 0 Å². The van der Waals surface area contributed by atoms with E-state index in [4.69, 9.17) is 15.2 Å². The fourth-order valence-electron chi connectivity index (χ4n) is 2.00. The monoisotopic (exact) mass is 298 g/mol. The number of benzene rings is 2. The Morgan fingerprint density at radius 2 is 1.86 bits per heavy atom. The zero-order valence-electron chi connectivity index (χ0n) is 12.6. The van der Waals surface area contributed by atoms with Gasteiger partial charge in [0.05, 0.1) is 31.9 Å². The van der Waals surface area contributed by atoms with Gasteiger partial charge in [0.15, 0.2) is 0 Å². The van der Waals surface area contributed by atoms with Crippen LogP contribution in [0.1, 0.15) is 21.5 Å². The fraction of sp³-hybridized carbons (Fsp3) is 0.176.